The molecule has 0 fully saturated rings. The number of rotatable bonds is 4. The minimum absolute atomic E-state index is 0.259. The molecule has 0 saturated heterocycles. The van der Waals surface area contributed by atoms with Crippen LogP contribution in [0.5, 0.6) is 0 Å². The molecule has 0 aromatic heterocycles. The average Bonchev–Trinajstić information content (AvgIpc) is 2.72. The summed E-state index contributed by atoms with van der Waals surface area (Å²) >= 11 is 11.3. The topological polar surface area (TPSA) is 70.7 Å². The quantitative estimate of drug-likeness (QED) is 0.567. The second kappa shape index (κ2) is 8.63. The first-order valence-electron chi connectivity index (χ1n) is 8.82. The van der Waals surface area contributed by atoms with Crippen molar-refractivity contribution in [2.45, 2.75) is 13.0 Å². The van der Waals surface area contributed by atoms with Gasteiger partial charge in [0.1, 0.15) is 0 Å². The molecule has 29 heavy (non-hydrogen) atoms. The molecule has 2 aromatic carbocycles. The first-order valence-corrected chi connectivity index (χ1v) is 9.60. The van der Waals surface area contributed by atoms with Gasteiger partial charge in [-0.2, -0.15) is 0 Å². The Morgan fingerprint density at radius 2 is 1.90 bits per heavy atom. The van der Waals surface area contributed by atoms with Gasteiger partial charge in [-0.05, 0) is 61.1 Å². The van der Waals surface area contributed by atoms with Crippen molar-refractivity contribution < 1.29 is 14.3 Å². The molecule has 150 valence electrons. The predicted octanol–water partition coefficient (Wildman–Crippen LogP) is 3.90. The average molecular weight is 430 g/mol. The molecule has 1 amide bonds. The lowest BCUT2D eigenvalue weighted by atomic mass is 9.95. The number of esters is 1. The van der Waals surface area contributed by atoms with Crippen LogP contribution in [-0.4, -0.2) is 36.0 Å². The maximum atomic E-state index is 12.5. The standard InChI is InChI=1S/C21H20ClN3O3S/c1-12-17(20(27)28-3)18(24-21(29)25(12)2)14-5-4-6-16(11-14)23-19(26)13-7-9-15(22)10-8-13/h4-11,18H,1-3H3,(H,23,26)(H,24,29). The summed E-state index contributed by atoms with van der Waals surface area (Å²) < 4.78 is 4.97. The largest absolute Gasteiger partial charge is 0.466 e. The van der Waals surface area contributed by atoms with Crippen molar-refractivity contribution in [3.8, 4) is 0 Å². The molecule has 1 unspecified atom stereocenters. The van der Waals surface area contributed by atoms with E-state index < -0.39 is 12.0 Å². The number of hydrogen-bond acceptors (Lipinski definition) is 4. The number of ether oxygens (including phenoxy) is 1. The molecule has 2 N–H and O–H groups in total. The summed E-state index contributed by atoms with van der Waals surface area (Å²) in [6.07, 6.45) is 0. The number of carbonyl (C=O) groups excluding carboxylic acids is 2. The van der Waals surface area contributed by atoms with Crippen LogP contribution in [0.15, 0.2) is 59.8 Å². The third kappa shape index (κ3) is 4.41. The van der Waals surface area contributed by atoms with Crippen molar-refractivity contribution in [1.82, 2.24) is 10.2 Å². The fourth-order valence-corrected chi connectivity index (χ4v) is 3.44. The van der Waals surface area contributed by atoms with Crippen LogP contribution in [0, 0.1) is 0 Å². The van der Waals surface area contributed by atoms with Crippen LogP contribution in [0.25, 0.3) is 0 Å². The third-order valence-corrected chi connectivity index (χ3v) is 5.39. The van der Waals surface area contributed by atoms with Crippen LogP contribution in [0.1, 0.15) is 28.9 Å². The Kier molecular flexibility index (Phi) is 6.20. The molecule has 1 heterocycles. The van der Waals surface area contributed by atoms with Gasteiger partial charge in [-0.1, -0.05) is 23.7 Å². The Bertz CT molecular complexity index is 1000. The van der Waals surface area contributed by atoms with Gasteiger partial charge >= 0.3 is 5.97 Å². The molecule has 8 heteroatoms. The number of hydrogen-bond donors (Lipinski definition) is 2. The van der Waals surface area contributed by atoms with E-state index in [-0.39, 0.29) is 5.91 Å². The molecule has 0 saturated carbocycles. The number of nitrogens with one attached hydrogen (secondary N) is 2. The maximum Gasteiger partial charge on any atom is 0.337 e. The van der Waals surface area contributed by atoms with Crippen LogP contribution < -0.4 is 10.6 Å². The van der Waals surface area contributed by atoms with E-state index in [9.17, 15) is 9.59 Å². The van der Waals surface area contributed by atoms with Crippen LogP contribution >= 0.6 is 23.8 Å². The van der Waals surface area contributed by atoms with Gasteiger partial charge in [0, 0.05) is 29.0 Å². The van der Waals surface area contributed by atoms with Gasteiger partial charge < -0.3 is 20.3 Å². The zero-order valence-electron chi connectivity index (χ0n) is 16.2. The lowest BCUT2D eigenvalue weighted by molar-refractivity contribution is -0.136. The number of halogens is 1. The summed E-state index contributed by atoms with van der Waals surface area (Å²) in [5, 5.41) is 7.09. The highest BCUT2D eigenvalue weighted by Crippen LogP contribution is 2.31. The molecule has 3 rings (SSSR count). The Balaban J connectivity index is 1.91. The number of carbonyl (C=O) groups is 2. The summed E-state index contributed by atoms with van der Waals surface area (Å²) in [5.41, 5.74) is 3.03. The van der Waals surface area contributed by atoms with Crippen molar-refractivity contribution in [3.05, 3.63) is 76.0 Å². The Labute approximate surface area is 179 Å². The molecule has 0 spiro atoms. The smallest absolute Gasteiger partial charge is 0.337 e. The first kappa shape index (κ1) is 20.8. The Morgan fingerprint density at radius 1 is 1.21 bits per heavy atom. The lowest BCUT2D eigenvalue weighted by Gasteiger charge is -2.35. The monoisotopic (exact) mass is 429 g/mol. The van der Waals surface area contributed by atoms with E-state index in [1.165, 1.54) is 7.11 Å². The summed E-state index contributed by atoms with van der Waals surface area (Å²) in [7, 11) is 3.13. The van der Waals surface area contributed by atoms with E-state index in [2.05, 4.69) is 10.6 Å². The first-order chi connectivity index (χ1) is 13.8. The fraction of sp³-hybridized carbons (Fsp3) is 0.190. The molecule has 1 aliphatic heterocycles. The molecule has 0 aliphatic carbocycles. The van der Waals surface area contributed by atoms with Crippen molar-refractivity contribution in [2.24, 2.45) is 0 Å². The van der Waals surface area contributed by atoms with Gasteiger partial charge in [-0.15, -0.1) is 0 Å². The highest BCUT2D eigenvalue weighted by molar-refractivity contribution is 7.80. The molecule has 0 radical (unpaired) electrons. The Hall–Kier alpha value is -2.90. The highest BCUT2D eigenvalue weighted by atomic mass is 35.5. The third-order valence-electron chi connectivity index (χ3n) is 4.74. The number of nitrogens with zero attached hydrogens (tertiary/aromatic N) is 1. The van der Waals surface area contributed by atoms with Crippen LogP contribution in [0.3, 0.4) is 0 Å². The van der Waals surface area contributed by atoms with Crippen LogP contribution in [0.2, 0.25) is 5.02 Å². The SMILES string of the molecule is COC(=O)C1=C(C)N(C)C(=S)NC1c1cccc(NC(=O)c2ccc(Cl)cc2)c1. The van der Waals surface area contributed by atoms with Crippen molar-refractivity contribution in [2.75, 3.05) is 19.5 Å². The zero-order valence-corrected chi connectivity index (χ0v) is 17.7. The normalized spacial score (nSPS) is 16.3. The number of benzene rings is 2. The zero-order chi connectivity index (χ0) is 21.1. The van der Waals surface area contributed by atoms with Crippen molar-refractivity contribution in [3.63, 3.8) is 0 Å². The molecular weight excluding hydrogens is 410 g/mol. The molecule has 1 atom stereocenters. The van der Waals surface area contributed by atoms with E-state index in [1.54, 1.807) is 54.4 Å². The highest BCUT2D eigenvalue weighted by Gasteiger charge is 2.33. The minimum Gasteiger partial charge on any atom is -0.466 e. The number of allylic oxidation sites excluding steroid dienone is 1. The second-order valence-corrected chi connectivity index (χ2v) is 7.34. The number of amides is 1. The predicted molar refractivity (Wildman–Crippen MR) is 117 cm³/mol. The number of thiocarbonyl (C=S) groups is 1. The summed E-state index contributed by atoms with van der Waals surface area (Å²) in [6.45, 7) is 1.82. The van der Waals surface area contributed by atoms with E-state index >= 15 is 0 Å². The fourth-order valence-electron chi connectivity index (χ4n) is 3.06. The van der Waals surface area contributed by atoms with Gasteiger partial charge in [0.25, 0.3) is 5.91 Å². The second-order valence-electron chi connectivity index (χ2n) is 6.52. The van der Waals surface area contributed by atoms with Gasteiger partial charge in [0.05, 0.1) is 18.7 Å². The summed E-state index contributed by atoms with van der Waals surface area (Å²) in [6, 6.07) is 13.4. The van der Waals surface area contributed by atoms with Gasteiger partial charge in [0.2, 0.25) is 0 Å². The van der Waals surface area contributed by atoms with E-state index in [0.717, 1.165) is 5.56 Å². The van der Waals surface area contributed by atoms with Crippen LogP contribution in [0.4, 0.5) is 5.69 Å². The molecular formula is C21H20ClN3O3S. The van der Waals surface area contributed by atoms with Gasteiger partial charge in [0.15, 0.2) is 5.11 Å². The molecule has 0 bridgehead atoms. The van der Waals surface area contributed by atoms with Crippen molar-refractivity contribution >= 4 is 46.5 Å². The van der Waals surface area contributed by atoms with Crippen LogP contribution in [-0.2, 0) is 9.53 Å². The maximum absolute atomic E-state index is 12.5. The Morgan fingerprint density at radius 3 is 2.55 bits per heavy atom. The summed E-state index contributed by atoms with van der Waals surface area (Å²) in [4.78, 5) is 26.6. The lowest BCUT2D eigenvalue weighted by Crippen LogP contribution is -2.46. The molecule has 2 aromatic rings. The van der Waals surface area contributed by atoms with E-state index in [0.29, 0.717) is 32.7 Å². The molecule has 6 nitrogen and oxygen atoms in total. The van der Waals surface area contributed by atoms with Gasteiger partial charge in [-0.3, -0.25) is 4.79 Å². The van der Waals surface area contributed by atoms with E-state index in [1.807, 2.05) is 13.0 Å². The minimum atomic E-state index is -0.487. The van der Waals surface area contributed by atoms with E-state index in [4.69, 9.17) is 28.6 Å². The molecule has 1 aliphatic rings. The number of anilines is 1. The van der Waals surface area contributed by atoms with Gasteiger partial charge in [-0.25, -0.2) is 4.79 Å². The number of methoxy groups -OCH3 is 1. The van der Waals surface area contributed by atoms with Crippen molar-refractivity contribution in [1.29, 1.82) is 0 Å². The summed E-state index contributed by atoms with van der Waals surface area (Å²) in [5.74, 6) is -0.699.